The monoisotopic (exact) mass is 316 g/mol. The van der Waals surface area contributed by atoms with Crippen LogP contribution in [0.3, 0.4) is 0 Å². The van der Waals surface area contributed by atoms with Crippen molar-refractivity contribution in [3.8, 4) is 0 Å². The smallest absolute Gasteiger partial charge is 0.254 e. The van der Waals surface area contributed by atoms with Crippen molar-refractivity contribution in [2.75, 3.05) is 19.6 Å². The van der Waals surface area contributed by atoms with Gasteiger partial charge in [0.05, 0.1) is 10.5 Å². The van der Waals surface area contributed by atoms with E-state index < -0.39 is 21.7 Å². The number of carbonyl (C=O) groups is 1. The second kappa shape index (κ2) is 7.51. The molecule has 0 bridgehead atoms. The molecule has 0 heterocycles. The van der Waals surface area contributed by atoms with Crippen LogP contribution in [-0.4, -0.2) is 38.3 Å². The summed E-state index contributed by atoms with van der Waals surface area (Å²) in [6.45, 7) is 6.35. The molecule has 0 fully saturated rings. The first-order valence-corrected chi connectivity index (χ1v) is 8.40. The Bertz CT molecular complexity index is 598. The highest BCUT2D eigenvalue weighted by molar-refractivity contribution is 7.89. The van der Waals surface area contributed by atoms with E-state index in [1.807, 2.05) is 6.92 Å². The zero-order valence-corrected chi connectivity index (χ0v) is 13.3. The molecule has 0 aromatic heterocycles. The van der Waals surface area contributed by atoms with Crippen LogP contribution in [0.5, 0.6) is 0 Å². The van der Waals surface area contributed by atoms with Gasteiger partial charge in [0.1, 0.15) is 5.82 Å². The van der Waals surface area contributed by atoms with Crippen molar-refractivity contribution in [3.05, 3.63) is 29.6 Å². The maximum Gasteiger partial charge on any atom is 0.254 e. The van der Waals surface area contributed by atoms with Crippen LogP contribution in [-0.2, 0) is 10.0 Å². The molecule has 0 unspecified atom stereocenters. The molecule has 0 atom stereocenters. The van der Waals surface area contributed by atoms with Gasteiger partial charge in [-0.05, 0) is 24.6 Å². The number of carbonyl (C=O) groups excluding carboxylic acids is 1. The van der Waals surface area contributed by atoms with E-state index >= 15 is 0 Å². The summed E-state index contributed by atoms with van der Waals surface area (Å²) in [6, 6.07) is 3.28. The zero-order chi connectivity index (χ0) is 16.0. The summed E-state index contributed by atoms with van der Waals surface area (Å²) in [6.07, 6.45) is 0.713. The van der Waals surface area contributed by atoms with Crippen molar-refractivity contribution in [3.63, 3.8) is 0 Å². The normalized spacial score (nSPS) is 11.7. The van der Waals surface area contributed by atoms with E-state index in [1.54, 1.807) is 13.8 Å². The number of benzene rings is 1. The minimum absolute atomic E-state index is 0.0748. The maximum atomic E-state index is 13.7. The Balaban J connectivity index is 3.20. The highest BCUT2D eigenvalue weighted by Crippen LogP contribution is 2.19. The highest BCUT2D eigenvalue weighted by Gasteiger charge is 2.24. The molecular formula is C14H21FN2O3S. The second-order valence-corrected chi connectivity index (χ2v) is 6.42. The standard InChI is InChI=1S/C14H21FN2O3S/c1-4-9-16-14(18)12-10-11(7-8-13(12)15)21(19,20)17(5-2)6-3/h7-8,10H,4-6,9H2,1-3H3,(H,16,18). The molecule has 0 aliphatic heterocycles. The van der Waals surface area contributed by atoms with Gasteiger partial charge in [-0.2, -0.15) is 4.31 Å². The van der Waals surface area contributed by atoms with Crippen LogP contribution >= 0.6 is 0 Å². The molecule has 0 saturated carbocycles. The summed E-state index contributed by atoms with van der Waals surface area (Å²) in [4.78, 5) is 11.8. The fourth-order valence-electron chi connectivity index (χ4n) is 1.89. The largest absolute Gasteiger partial charge is 0.352 e. The molecule has 0 aliphatic carbocycles. The molecule has 7 heteroatoms. The van der Waals surface area contributed by atoms with E-state index in [9.17, 15) is 17.6 Å². The van der Waals surface area contributed by atoms with Crippen LogP contribution in [0.15, 0.2) is 23.1 Å². The van der Waals surface area contributed by atoms with Gasteiger partial charge in [-0.25, -0.2) is 12.8 Å². The molecular weight excluding hydrogens is 295 g/mol. The van der Waals surface area contributed by atoms with E-state index in [0.717, 1.165) is 12.1 Å². The van der Waals surface area contributed by atoms with Crippen molar-refractivity contribution in [2.45, 2.75) is 32.1 Å². The number of rotatable bonds is 7. The van der Waals surface area contributed by atoms with Crippen molar-refractivity contribution in [1.29, 1.82) is 0 Å². The topological polar surface area (TPSA) is 66.5 Å². The zero-order valence-electron chi connectivity index (χ0n) is 12.5. The van der Waals surface area contributed by atoms with Gasteiger partial charge in [0.25, 0.3) is 5.91 Å². The molecule has 1 rings (SSSR count). The molecule has 1 aromatic carbocycles. The van der Waals surface area contributed by atoms with Gasteiger partial charge in [-0.1, -0.05) is 20.8 Å². The van der Waals surface area contributed by atoms with Gasteiger partial charge in [-0.15, -0.1) is 0 Å². The van der Waals surface area contributed by atoms with Crippen LogP contribution < -0.4 is 5.32 Å². The average molecular weight is 316 g/mol. The summed E-state index contributed by atoms with van der Waals surface area (Å²) in [7, 11) is -3.71. The molecule has 0 aliphatic rings. The minimum atomic E-state index is -3.71. The Hall–Kier alpha value is -1.47. The van der Waals surface area contributed by atoms with Crippen LogP contribution in [0, 0.1) is 5.82 Å². The summed E-state index contributed by atoms with van der Waals surface area (Å²) in [5, 5.41) is 2.54. The van der Waals surface area contributed by atoms with Gasteiger partial charge in [0.2, 0.25) is 10.0 Å². The van der Waals surface area contributed by atoms with Crippen molar-refractivity contribution < 1.29 is 17.6 Å². The van der Waals surface area contributed by atoms with Crippen molar-refractivity contribution in [2.24, 2.45) is 0 Å². The Morgan fingerprint density at radius 1 is 1.24 bits per heavy atom. The van der Waals surface area contributed by atoms with E-state index in [1.165, 1.54) is 10.4 Å². The fraction of sp³-hybridized carbons (Fsp3) is 0.500. The van der Waals surface area contributed by atoms with E-state index in [-0.39, 0.29) is 10.5 Å². The molecule has 1 aromatic rings. The van der Waals surface area contributed by atoms with Crippen LogP contribution in [0.2, 0.25) is 0 Å². The summed E-state index contributed by atoms with van der Waals surface area (Å²) in [5.41, 5.74) is -0.253. The molecule has 21 heavy (non-hydrogen) atoms. The van der Waals surface area contributed by atoms with Crippen LogP contribution in [0.4, 0.5) is 4.39 Å². The first kappa shape index (κ1) is 17.6. The van der Waals surface area contributed by atoms with Crippen LogP contribution in [0.25, 0.3) is 0 Å². The summed E-state index contributed by atoms with van der Waals surface area (Å²) in [5.74, 6) is -1.34. The number of hydrogen-bond donors (Lipinski definition) is 1. The third-order valence-corrected chi connectivity index (χ3v) is 5.11. The number of nitrogens with zero attached hydrogens (tertiary/aromatic N) is 1. The Labute approximate surface area is 125 Å². The second-order valence-electron chi connectivity index (χ2n) is 4.49. The summed E-state index contributed by atoms with van der Waals surface area (Å²) >= 11 is 0. The molecule has 1 N–H and O–H groups in total. The number of sulfonamides is 1. The quantitative estimate of drug-likeness (QED) is 0.836. The molecule has 0 spiro atoms. The third kappa shape index (κ3) is 4.01. The van der Waals surface area contributed by atoms with Gasteiger partial charge in [-0.3, -0.25) is 4.79 Å². The Kier molecular flexibility index (Phi) is 6.29. The Morgan fingerprint density at radius 2 is 1.86 bits per heavy atom. The van der Waals surface area contributed by atoms with E-state index in [0.29, 0.717) is 26.1 Å². The van der Waals surface area contributed by atoms with Gasteiger partial charge in [0.15, 0.2) is 0 Å². The SMILES string of the molecule is CCCNC(=O)c1cc(S(=O)(=O)N(CC)CC)ccc1F. The lowest BCUT2D eigenvalue weighted by molar-refractivity contribution is 0.0949. The van der Waals surface area contributed by atoms with Crippen molar-refractivity contribution >= 4 is 15.9 Å². The summed E-state index contributed by atoms with van der Waals surface area (Å²) < 4.78 is 39.7. The molecule has 0 saturated heterocycles. The lowest BCUT2D eigenvalue weighted by Crippen LogP contribution is -2.31. The van der Waals surface area contributed by atoms with E-state index in [4.69, 9.17) is 0 Å². The number of hydrogen-bond acceptors (Lipinski definition) is 3. The first-order chi connectivity index (χ1) is 9.88. The lowest BCUT2D eigenvalue weighted by atomic mass is 10.2. The number of halogens is 1. The predicted octanol–water partition coefficient (Wildman–Crippen LogP) is 2.00. The molecule has 118 valence electrons. The molecule has 5 nitrogen and oxygen atoms in total. The maximum absolute atomic E-state index is 13.7. The number of amides is 1. The fourth-order valence-corrected chi connectivity index (χ4v) is 3.37. The van der Waals surface area contributed by atoms with Crippen LogP contribution in [0.1, 0.15) is 37.6 Å². The minimum Gasteiger partial charge on any atom is -0.352 e. The highest BCUT2D eigenvalue weighted by atomic mass is 32.2. The third-order valence-electron chi connectivity index (χ3n) is 3.06. The Morgan fingerprint density at radius 3 is 2.38 bits per heavy atom. The predicted molar refractivity (Wildman–Crippen MR) is 79.1 cm³/mol. The van der Waals surface area contributed by atoms with Crippen molar-refractivity contribution in [1.82, 2.24) is 9.62 Å². The first-order valence-electron chi connectivity index (χ1n) is 6.96. The molecule has 0 radical (unpaired) electrons. The van der Waals surface area contributed by atoms with Gasteiger partial charge >= 0.3 is 0 Å². The average Bonchev–Trinajstić information content (AvgIpc) is 2.46. The molecule has 1 amide bonds. The van der Waals surface area contributed by atoms with Gasteiger partial charge in [0, 0.05) is 19.6 Å². The lowest BCUT2D eigenvalue weighted by Gasteiger charge is -2.18. The van der Waals surface area contributed by atoms with Gasteiger partial charge < -0.3 is 5.32 Å². The van der Waals surface area contributed by atoms with E-state index in [2.05, 4.69) is 5.32 Å². The number of nitrogens with one attached hydrogen (secondary N) is 1.